The van der Waals surface area contributed by atoms with Crippen molar-refractivity contribution in [3.05, 3.63) is 53.5 Å². The van der Waals surface area contributed by atoms with Crippen molar-refractivity contribution in [2.45, 2.75) is 19.3 Å². The Bertz CT molecular complexity index is 578. The lowest BCUT2D eigenvalue weighted by Crippen LogP contribution is -2.19. The number of hydrogen-bond acceptors (Lipinski definition) is 3. The van der Waals surface area contributed by atoms with Gasteiger partial charge in [0.1, 0.15) is 11.5 Å². The van der Waals surface area contributed by atoms with Crippen molar-refractivity contribution < 1.29 is 22.3 Å². The van der Waals surface area contributed by atoms with E-state index in [1.54, 1.807) is 32.4 Å². The molecule has 0 aliphatic carbocycles. The van der Waals surface area contributed by atoms with E-state index in [0.717, 1.165) is 5.56 Å². The fraction of sp³-hybridized carbons (Fsp3) is 0.286. The summed E-state index contributed by atoms with van der Waals surface area (Å²) in [6, 6.07) is 7.42. The SMILES string of the molecule is CNC(c1cccc(OC(F)(F)F)c1)c1ccoc1C. The molecule has 0 amide bonds. The van der Waals surface area contributed by atoms with Crippen molar-refractivity contribution in [1.82, 2.24) is 5.32 Å². The monoisotopic (exact) mass is 285 g/mol. The molecule has 1 unspecified atom stereocenters. The molecule has 1 N–H and O–H groups in total. The predicted molar refractivity (Wildman–Crippen MR) is 67.5 cm³/mol. The lowest BCUT2D eigenvalue weighted by molar-refractivity contribution is -0.274. The third-order valence-corrected chi connectivity index (χ3v) is 2.92. The van der Waals surface area contributed by atoms with Crippen LogP contribution in [-0.2, 0) is 0 Å². The van der Waals surface area contributed by atoms with Crippen LogP contribution in [0.3, 0.4) is 0 Å². The van der Waals surface area contributed by atoms with Gasteiger partial charge in [-0.25, -0.2) is 0 Å². The summed E-state index contributed by atoms with van der Waals surface area (Å²) in [5.74, 6) is 0.475. The first-order valence-electron chi connectivity index (χ1n) is 5.97. The first-order chi connectivity index (χ1) is 9.40. The minimum Gasteiger partial charge on any atom is -0.469 e. The zero-order valence-corrected chi connectivity index (χ0v) is 11.0. The number of benzene rings is 1. The number of rotatable bonds is 4. The summed E-state index contributed by atoms with van der Waals surface area (Å²) in [6.45, 7) is 1.80. The minimum absolute atomic E-state index is 0.239. The van der Waals surface area contributed by atoms with Gasteiger partial charge in [0.05, 0.1) is 12.3 Å². The van der Waals surface area contributed by atoms with E-state index in [2.05, 4.69) is 10.1 Å². The summed E-state index contributed by atoms with van der Waals surface area (Å²) < 4.78 is 45.9. The zero-order chi connectivity index (χ0) is 14.8. The van der Waals surface area contributed by atoms with Gasteiger partial charge in [0.2, 0.25) is 0 Å². The standard InChI is InChI=1S/C14H14F3NO2/c1-9-12(6-7-19-9)13(18-2)10-4-3-5-11(8-10)20-14(15,16)17/h3-8,13,18H,1-2H3. The van der Waals surface area contributed by atoms with Gasteiger partial charge in [-0.3, -0.25) is 0 Å². The van der Waals surface area contributed by atoms with E-state index in [0.29, 0.717) is 11.3 Å². The molecular weight excluding hydrogens is 271 g/mol. The van der Waals surface area contributed by atoms with Gasteiger partial charge in [0, 0.05) is 5.56 Å². The van der Waals surface area contributed by atoms with Crippen molar-refractivity contribution >= 4 is 0 Å². The number of aryl methyl sites for hydroxylation is 1. The maximum absolute atomic E-state index is 12.2. The van der Waals surface area contributed by atoms with Crippen LogP contribution in [0.15, 0.2) is 41.0 Å². The normalized spacial score (nSPS) is 13.2. The van der Waals surface area contributed by atoms with Crippen molar-refractivity contribution in [1.29, 1.82) is 0 Å². The summed E-state index contributed by atoms with van der Waals surface area (Å²) in [7, 11) is 1.73. The molecule has 1 aromatic heterocycles. The zero-order valence-electron chi connectivity index (χ0n) is 11.0. The average Bonchev–Trinajstić information content (AvgIpc) is 2.75. The number of ether oxygens (including phenoxy) is 1. The fourth-order valence-corrected chi connectivity index (χ4v) is 2.09. The molecule has 20 heavy (non-hydrogen) atoms. The second-order valence-corrected chi connectivity index (χ2v) is 4.27. The Morgan fingerprint density at radius 2 is 2.00 bits per heavy atom. The largest absolute Gasteiger partial charge is 0.573 e. The molecule has 0 saturated heterocycles. The number of alkyl halides is 3. The van der Waals surface area contributed by atoms with Gasteiger partial charge in [-0.05, 0) is 37.7 Å². The van der Waals surface area contributed by atoms with E-state index >= 15 is 0 Å². The highest BCUT2D eigenvalue weighted by Gasteiger charge is 2.31. The van der Waals surface area contributed by atoms with E-state index < -0.39 is 6.36 Å². The maximum atomic E-state index is 12.2. The van der Waals surface area contributed by atoms with Gasteiger partial charge in [-0.15, -0.1) is 13.2 Å². The van der Waals surface area contributed by atoms with Crippen molar-refractivity contribution in [3.8, 4) is 5.75 Å². The highest BCUT2D eigenvalue weighted by atomic mass is 19.4. The van der Waals surface area contributed by atoms with Crippen LogP contribution >= 0.6 is 0 Å². The highest BCUT2D eigenvalue weighted by molar-refractivity contribution is 5.37. The first-order valence-corrected chi connectivity index (χ1v) is 5.97. The number of furan rings is 1. The Hall–Kier alpha value is -1.95. The van der Waals surface area contributed by atoms with Crippen LogP contribution in [-0.4, -0.2) is 13.4 Å². The van der Waals surface area contributed by atoms with Crippen LogP contribution in [0.4, 0.5) is 13.2 Å². The van der Waals surface area contributed by atoms with E-state index in [-0.39, 0.29) is 11.8 Å². The van der Waals surface area contributed by atoms with Crippen LogP contribution in [0.2, 0.25) is 0 Å². The Kier molecular flexibility index (Phi) is 4.04. The molecule has 0 aliphatic heterocycles. The number of halogens is 3. The van der Waals surface area contributed by atoms with E-state index in [9.17, 15) is 13.2 Å². The molecule has 1 aromatic carbocycles. The van der Waals surface area contributed by atoms with Gasteiger partial charge in [0.15, 0.2) is 0 Å². The summed E-state index contributed by atoms with van der Waals surface area (Å²) in [4.78, 5) is 0. The van der Waals surface area contributed by atoms with Crippen LogP contribution in [0.25, 0.3) is 0 Å². The van der Waals surface area contributed by atoms with E-state index in [1.165, 1.54) is 18.2 Å². The van der Waals surface area contributed by atoms with Gasteiger partial charge in [-0.1, -0.05) is 12.1 Å². The average molecular weight is 285 g/mol. The van der Waals surface area contributed by atoms with Crippen molar-refractivity contribution in [2.24, 2.45) is 0 Å². The topological polar surface area (TPSA) is 34.4 Å². The van der Waals surface area contributed by atoms with E-state index in [1.807, 2.05) is 0 Å². The predicted octanol–water partition coefficient (Wildman–Crippen LogP) is 3.80. The van der Waals surface area contributed by atoms with Gasteiger partial charge in [0.25, 0.3) is 0 Å². The Morgan fingerprint density at radius 1 is 1.25 bits per heavy atom. The third-order valence-electron chi connectivity index (χ3n) is 2.92. The van der Waals surface area contributed by atoms with Crippen LogP contribution < -0.4 is 10.1 Å². The molecule has 1 atom stereocenters. The molecule has 0 radical (unpaired) electrons. The Balaban J connectivity index is 2.32. The molecule has 0 saturated carbocycles. The third kappa shape index (κ3) is 3.33. The summed E-state index contributed by atoms with van der Waals surface area (Å²) in [5.41, 5.74) is 1.54. The molecule has 0 aliphatic rings. The molecule has 6 heteroatoms. The maximum Gasteiger partial charge on any atom is 0.573 e. The summed E-state index contributed by atoms with van der Waals surface area (Å²) >= 11 is 0. The van der Waals surface area contributed by atoms with Gasteiger partial charge >= 0.3 is 6.36 Å². The molecule has 2 aromatic rings. The van der Waals surface area contributed by atoms with Crippen LogP contribution in [0.5, 0.6) is 5.75 Å². The molecule has 2 rings (SSSR count). The lowest BCUT2D eigenvalue weighted by atomic mass is 9.99. The lowest BCUT2D eigenvalue weighted by Gasteiger charge is -2.17. The summed E-state index contributed by atoms with van der Waals surface area (Å²) in [6.07, 6.45) is -3.15. The first kappa shape index (κ1) is 14.5. The number of hydrogen-bond donors (Lipinski definition) is 1. The molecule has 1 heterocycles. The number of nitrogens with one attached hydrogen (secondary N) is 1. The van der Waals surface area contributed by atoms with E-state index in [4.69, 9.17) is 4.42 Å². The Labute approximate surface area is 114 Å². The summed E-state index contributed by atoms with van der Waals surface area (Å²) in [5, 5.41) is 3.05. The second-order valence-electron chi connectivity index (χ2n) is 4.27. The molecule has 0 fully saturated rings. The van der Waals surface area contributed by atoms with Crippen LogP contribution in [0.1, 0.15) is 22.9 Å². The highest BCUT2D eigenvalue weighted by Crippen LogP contribution is 2.29. The quantitative estimate of drug-likeness (QED) is 0.928. The van der Waals surface area contributed by atoms with Crippen molar-refractivity contribution in [3.63, 3.8) is 0 Å². The second kappa shape index (κ2) is 5.58. The van der Waals surface area contributed by atoms with Crippen LogP contribution in [0, 0.1) is 6.92 Å². The molecule has 108 valence electrons. The minimum atomic E-state index is -4.70. The smallest absolute Gasteiger partial charge is 0.469 e. The molecule has 0 spiro atoms. The van der Waals surface area contributed by atoms with Gasteiger partial charge in [-0.2, -0.15) is 0 Å². The van der Waals surface area contributed by atoms with Gasteiger partial charge < -0.3 is 14.5 Å². The fourth-order valence-electron chi connectivity index (χ4n) is 2.09. The molecular formula is C14H14F3NO2. The molecule has 3 nitrogen and oxygen atoms in total. The molecule has 0 bridgehead atoms. The van der Waals surface area contributed by atoms with Crippen molar-refractivity contribution in [2.75, 3.05) is 7.05 Å². The Morgan fingerprint density at radius 3 is 2.55 bits per heavy atom.